The highest BCUT2D eigenvalue weighted by molar-refractivity contribution is 8.14. The first kappa shape index (κ1) is 18.9. The number of thiazole rings is 1. The van der Waals surface area contributed by atoms with Crippen molar-refractivity contribution >= 4 is 49.2 Å². The van der Waals surface area contributed by atoms with Crippen molar-refractivity contribution in [2.24, 2.45) is 4.99 Å². The van der Waals surface area contributed by atoms with E-state index in [9.17, 15) is 0 Å². The Kier molecular flexibility index (Phi) is 7.09. The number of nitrogens with one attached hydrogen (secondary N) is 1. The summed E-state index contributed by atoms with van der Waals surface area (Å²) in [7, 11) is 0. The highest BCUT2D eigenvalue weighted by atomic mass is 32.2. The van der Waals surface area contributed by atoms with Crippen LogP contribution in [0.1, 0.15) is 32.3 Å². The summed E-state index contributed by atoms with van der Waals surface area (Å²) in [4.78, 5) is 9.38. The van der Waals surface area contributed by atoms with E-state index < -0.39 is 0 Å². The monoisotopic (exact) mass is 383 g/mol. The summed E-state index contributed by atoms with van der Waals surface area (Å²) in [5.41, 5.74) is 3.46. The smallest absolute Gasteiger partial charge is 0.183 e. The van der Waals surface area contributed by atoms with Crippen LogP contribution >= 0.6 is 23.1 Å². The highest BCUT2D eigenvalue weighted by Crippen LogP contribution is 2.26. The average molecular weight is 384 g/mol. The molecule has 1 fully saturated rings. The van der Waals surface area contributed by atoms with E-state index >= 15 is 0 Å². The lowest BCUT2D eigenvalue weighted by Gasteiger charge is -2.04. The number of thioether (sulfide) groups is 1. The fourth-order valence-corrected chi connectivity index (χ4v) is 4.64. The predicted molar refractivity (Wildman–Crippen MR) is 118 cm³/mol. The molecule has 1 aromatic heterocycles. The van der Waals surface area contributed by atoms with Gasteiger partial charge < -0.3 is 5.32 Å². The van der Waals surface area contributed by atoms with E-state index in [1.807, 2.05) is 31.7 Å². The molecule has 1 saturated heterocycles. The molecule has 1 N–H and O–H groups in total. The molecule has 26 heavy (non-hydrogen) atoms. The lowest BCUT2D eigenvalue weighted by molar-refractivity contribution is 1.02. The highest BCUT2D eigenvalue weighted by Gasteiger charge is 2.08. The molecule has 1 aliphatic heterocycles. The van der Waals surface area contributed by atoms with Gasteiger partial charge in [-0.05, 0) is 54.8 Å². The number of para-hydroxylation sites is 1. The van der Waals surface area contributed by atoms with Crippen molar-refractivity contribution in [3.63, 3.8) is 0 Å². The maximum atomic E-state index is 4.76. The second-order valence-electron chi connectivity index (χ2n) is 5.79. The predicted octanol–water partition coefficient (Wildman–Crippen LogP) is 6.53. The molecule has 0 spiro atoms. The fraction of sp³-hybridized carbons (Fsp3) is 0.333. The van der Waals surface area contributed by atoms with Crippen LogP contribution in [0.25, 0.3) is 10.2 Å². The van der Waals surface area contributed by atoms with Crippen LogP contribution in [0.4, 0.5) is 10.8 Å². The molecule has 0 bridgehead atoms. The van der Waals surface area contributed by atoms with Crippen LogP contribution in [0.2, 0.25) is 0 Å². The Morgan fingerprint density at radius 1 is 1.12 bits per heavy atom. The Balaban J connectivity index is 0.000000948. The summed E-state index contributed by atoms with van der Waals surface area (Å²) in [6, 6.07) is 16.8. The SMILES string of the molecule is CC.c1cc(CCNc2nc3ccccc3s2)cc(N=C2CCCS2)c1. The second-order valence-corrected chi connectivity index (χ2v) is 7.99. The Bertz CT molecular complexity index is 829. The number of nitrogens with zero attached hydrogens (tertiary/aromatic N) is 2. The lowest BCUT2D eigenvalue weighted by atomic mass is 10.1. The topological polar surface area (TPSA) is 37.3 Å². The van der Waals surface area contributed by atoms with Gasteiger partial charge in [0.2, 0.25) is 0 Å². The molecule has 4 rings (SSSR count). The number of fused-ring (bicyclic) bond motifs is 1. The molecule has 0 aliphatic carbocycles. The summed E-state index contributed by atoms with van der Waals surface area (Å²) < 4.78 is 1.23. The normalized spacial score (nSPS) is 15.1. The van der Waals surface area contributed by atoms with E-state index in [0.717, 1.165) is 35.7 Å². The van der Waals surface area contributed by atoms with Crippen molar-refractivity contribution in [1.29, 1.82) is 0 Å². The van der Waals surface area contributed by atoms with Gasteiger partial charge in [0.15, 0.2) is 5.13 Å². The minimum absolute atomic E-state index is 0.884. The summed E-state index contributed by atoms with van der Waals surface area (Å²) in [6.45, 7) is 4.88. The van der Waals surface area contributed by atoms with E-state index in [1.54, 1.807) is 11.3 Å². The molecule has 0 radical (unpaired) electrons. The van der Waals surface area contributed by atoms with Gasteiger partial charge in [0.25, 0.3) is 0 Å². The number of hydrogen-bond donors (Lipinski definition) is 1. The molecule has 2 aromatic carbocycles. The van der Waals surface area contributed by atoms with Crippen molar-refractivity contribution in [1.82, 2.24) is 4.98 Å². The first-order chi connectivity index (χ1) is 12.9. The van der Waals surface area contributed by atoms with E-state index in [4.69, 9.17) is 4.99 Å². The number of hydrogen-bond acceptors (Lipinski definition) is 5. The van der Waals surface area contributed by atoms with Gasteiger partial charge in [-0.25, -0.2) is 9.98 Å². The molecule has 0 saturated carbocycles. The third-order valence-corrected chi connectivity index (χ3v) is 6.07. The van der Waals surface area contributed by atoms with Crippen LogP contribution in [0.5, 0.6) is 0 Å². The minimum Gasteiger partial charge on any atom is -0.361 e. The molecule has 1 aliphatic rings. The van der Waals surface area contributed by atoms with Crippen LogP contribution in [-0.2, 0) is 6.42 Å². The van der Waals surface area contributed by atoms with Crippen LogP contribution in [-0.4, -0.2) is 22.3 Å². The molecule has 0 atom stereocenters. The molecular weight excluding hydrogens is 358 g/mol. The van der Waals surface area contributed by atoms with Gasteiger partial charge >= 0.3 is 0 Å². The Morgan fingerprint density at radius 3 is 2.81 bits per heavy atom. The van der Waals surface area contributed by atoms with E-state index in [1.165, 1.54) is 27.5 Å². The number of anilines is 1. The number of benzene rings is 2. The Labute approximate surface area is 164 Å². The first-order valence-electron chi connectivity index (χ1n) is 9.25. The van der Waals surface area contributed by atoms with Gasteiger partial charge in [0.05, 0.1) is 20.9 Å². The zero-order chi connectivity index (χ0) is 18.2. The van der Waals surface area contributed by atoms with Gasteiger partial charge in [0.1, 0.15) is 0 Å². The molecule has 0 amide bonds. The first-order valence-corrected chi connectivity index (χ1v) is 11.1. The van der Waals surface area contributed by atoms with Crippen molar-refractivity contribution in [3.8, 4) is 0 Å². The van der Waals surface area contributed by atoms with Gasteiger partial charge in [-0.2, -0.15) is 0 Å². The summed E-state index contributed by atoms with van der Waals surface area (Å²) >= 11 is 3.60. The number of aliphatic imine (C=N–C) groups is 1. The summed E-state index contributed by atoms with van der Waals surface area (Å²) in [5, 5.41) is 5.72. The number of aromatic nitrogens is 1. The van der Waals surface area contributed by atoms with Gasteiger partial charge in [-0.3, -0.25) is 0 Å². The molecule has 3 nitrogen and oxygen atoms in total. The van der Waals surface area contributed by atoms with Crippen LogP contribution in [0.15, 0.2) is 53.5 Å². The molecule has 136 valence electrons. The lowest BCUT2D eigenvalue weighted by Crippen LogP contribution is -2.04. The van der Waals surface area contributed by atoms with E-state index in [-0.39, 0.29) is 0 Å². The quantitative estimate of drug-likeness (QED) is 0.544. The molecule has 2 heterocycles. The van der Waals surface area contributed by atoms with Crippen molar-refractivity contribution in [3.05, 3.63) is 54.1 Å². The molecule has 0 unspecified atom stereocenters. The third-order valence-electron chi connectivity index (χ3n) is 3.95. The second kappa shape index (κ2) is 9.74. The van der Waals surface area contributed by atoms with E-state index in [0.29, 0.717) is 0 Å². The van der Waals surface area contributed by atoms with Crippen molar-refractivity contribution in [2.75, 3.05) is 17.6 Å². The minimum atomic E-state index is 0.884. The summed E-state index contributed by atoms with van der Waals surface area (Å²) in [5.74, 6) is 1.21. The molecular formula is C21H25N3S2. The van der Waals surface area contributed by atoms with Crippen LogP contribution in [0, 0.1) is 0 Å². The maximum Gasteiger partial charge on any atom is 0.183 e. The molecule has 3 aromatic rings. The zero-order valence-electron chi connectivity index (χ0n) is 15.4. The van der Waals surface area contributed by atoms with Gasteiger partial charge in [0, 0.05) is 6.54 Å². The Hall–Kier alpha value is -1.85. The molecule has 5 heteroatoms. The van der Waals surface area contributed by atoms with Gasteiger partial charge in [-0.15, -0.1) is 11.8 Å². The summed E-state index contributed by atoms with van der Waals surface area (Å²) in [6.07, 6.45) is 3.37. The van der Waals surface area contributed by atoms with Crippen molar-refractivity contribution < 1.29 is 0 Å². The number of rotatable bonds is 5. The Morgan fingerprint density at radius 2 is 2.00 bits per heavy atom. The average Bonchev–Trinajstić information content (AvgIpc) is 3.33. The standard InChI is InChI=1S/C19H19N3S2.C2H6/c1-2-8-17-16(7-1)22-19(24-17)20-11-10-14-5-3-6-15(13-14)21-18-9-4-12-23-18;1-2/h1-3,5-8,13H,4,9-12H2,(H,20,22);1-2H3. The van der Waals surface area contributed by atoms with Crippen LogP contribution < -0.4 is 5.32 Å². The van der Waals surface area contributed by atoms with Gasteiger partial charge in [-0.1, -0.05) is 49.4 Å². The largest absolute Gasteiger partial charge is 0.361 e. The fourth-order valence-electron chi connectivity index (χ4n) is 2.76. The van der Waals surface area contributed by atoms with Crippen LogP contribution in [0.3, 0.4) is 0 Å². The zero-order valence-corrected chi connectivity index (χ0v) is 17.0. The van der Waals surface area contributed by atoms with E-state index in [2.05, 4.69) is 52.8 Å². The maximum absolute atomic E-state index is 4.76. The third kappa shape index (κ3) is 5.08. The van der Waals surface area contributed by atoms with Crippen molar-refractivity contribution in [2.45, 2.75) is 33.1 Å².